The van der Waals surface area contributed by atoms with Gasteiger partial charge in [-0.05, 0) is 45.8 Å². The zero-order chi connectivity index (χ0) is 20.9. The maximum absolute atomic E-state index is 10.7. The number of rotatable bonds is 8. The molecule has 30 heavy (non-hydrogen) atoms. The van der Waals surface area contributed by atoms with Crippen molar-refractivity contribution in [2.45, 2.75) is 19.6 Å². The predicted octanol–water partition coefficient (Wildman–Crippen LogP) is 4.43. The SMILES string of the molecule is O=[N+]([O-])c1cnn(CCc2nnc(-c3ccc(COc4ccccc4Br)cc3)o2)c1. The fourth-order valence-electron chi connectivity index (χ4n) is 2.72. The van der Waals surface area contributed by atoms with Crippen LogP contribution in [0.2, 0.25) is 0 Å². The number of halogens is 1. The Balaban J connectivity index is 1.34. The van der Waals surface area contributed by atoms with Gasteiger partial charge in [0.2, 0.25) is 11.8 Å². The van der Waals surface area contributed by atoms with E-state index in [9.17, 15) is 10.1 Å². The van der Waals surface area contributed by atoms with Gasteiger partial charge in [0.15, 0.2) is 0 Å². The van der Waals surface area contributed by atoms with Gasteiger partial charge in [-0.25, -0.2) is 0 Å². The molecule has 2 heterocycles. The van der Waals surface area contributed by atoms with Crippen LogP contribution in [0.15, 0.2) is 69.8 Å². The van der Waals surface area contributed by atoms with Crippen molar-refractivity contribution in [3.05, 3.63) is 87.0 Å². The van der Waals surface area contributed by atoms with Crippen LogP contribution in [-0.4, -0.2) is 24.9 Å². The molecule has 152 valence electrons. The van der Waals surface area contributed by atoms with E-state index >= 15 is 0 Å². The Morgan fingerprint density at radius 2 is 1.93 bits per heavy atom. The summed E-state index contributed by atoms with van der Waals surface area (Å²) in [6.45, 7) is 0.842. The first-order valence-corrected chi connectivity index (χ1v) is 9.83. The molecule has 9 nitrogen and oxygen atoms in total. The van der Waals surface area contributed by atoms with Crippen LogP contribution in [0.4, 0.5) is 5.69 Å². The van der Waals surface area contributed by atoms with Crippen molar-refractivity contribution < 1.29 is 14.1 Å². The summed E-state index contributed by atoms with van der Waals surface area (Å²) < 4.78 is 13.9. The molecule has 0 fully saturated rings. The topological polar surface area (TPSA) is 109 Å². The molecule has 0 aliphatic heterocycles. The minimum atomic E-state index is -0.484. The van der Waals surface area contributed by atoms with E-state index in [1.807, 2.05) is 48.5 Å². The van der Waals surface area contributed by atoms with Crippen LogP contribution in [0.1, 0.15) is 11.5 Å². The molecule has 0 atom stereocenters. The number of aromatic nitrogens is 4. The van der Waals surface area contributed by atoms with Crippen molar-refractivity contribution >= 4 is 21.6 Å². The normalized spacial score (nSPS) is 10.8. The number of nitro groups is 1. The molecular formula is C20H16BrN5O4. The van der Waals surface area contributed by atoms with Crippen LogP contribution in [0, 0.1) is 10.1 Å². The molecule has 0 saturated heterocycles. The second-order valence-electron chi connectivity index (χ2n) is 6.39. The first-order chi connectivity index (χ1) is 14.6. The summed E-state index contributed by atoms with van der Waals surface area (Å²) in [5, 5.41) is 22.8. The third-order valence-corrected chi connectivity index (χ3v) is 4.94. The molecule has 4 rings (SSSR count). The van der Waals surface area contributed by atoms with Crippen molar-refractivity contribution in [2.75, 3.05) is 0 Å². The van der Waals surface area contributed by atoms with Crippen LogP contribution in [0.25, 0.3) is 11.5 Å². The van der Waals surface area contributed by atoms with Gasteiger partial charge in [-0.2, -0.15) is 5.10 Å². The number of nitrogens with zero attached hydrogens (tertiary/aromatic N) is 5. The lowest BCUT2D eigenvalue weighted by atomic mass is 10.1. The van der Waals surface area contributed by atoms with Gasteiger partial charge in [0.1, 0.15) is 24.8 Å². The third-order valence-electron chi connectivity index (χ3n) is 4.28. The zero-order valence-electron chi connectivity index (χ0n) is 15.6. The summed E-state index contributed by atoms with van der Waals surface area (Å²) in [6, 6.07) is 15.4. The molecule has 0 aliphatic rings. The van der Waals surface area contributed by atoms with Crippen LogP contribution >= 0.6 is 15.9 Å². The fraction of sp³-hybridized carbons (Fsp3) is 0.150. The van der Waals surface area contributed by atoms with Gasteiger partial charge in [-0.1, -0.05) is 24.3 Å². The minimum Gasteiger partial charge on any atom is -0.488 e. The Hall–Kier alpha value is -3.53. The summed E-state index contributed by atoms with van der Waals surface area (Å²) in [4.78, 5) is 10.2. The summed E-state index contributed by atoms with van der Waals surface area (Å²) in [7, 11) is 0. The lowest BCUT2D eigenvalue weighted by molar-refractivity contribution is -0.385. The standard InChI is InChI=1S/C20H16BrN5O4/c21-17-3-1-2-4-18(17)29-13-14-5-7-15(8-6-14)20-24-23-19(30-20)9-10-25-12-16(11-22-25)26(27)28/h1-8,11-12H,9-10,13H2. The Labute approximate surface area is 179 Å². The summed E-state index contributed by atoms with van der Waals surface area (Å²) >= 11 is 3.46. The van der Waals surface area contributed by atoms with Gasteiger partial charge < -0.3 is 9.15 Å². The molecule has 0 saturated carbocycles. The highest BCUT2D eigenvalue weighted by Crippen LogP contribution is 2.25. The van der Waals surface area contributed by atoms with E-state index in [1.54, 1.807) is 0 Å². The average molecular weight is 470 g/mol. The van der Waals surface area contributed by atoms with Crippen LogP contribution in [0.3, 0.4) is 0 Å². The Morgan fingerprint density at radius 1 is 1.13 bits per heavy atom. The van der Waals surface area contributed by atoms with Crippen molar-refractivity contribution in [1.29, 1.82) is 0 Å². The number of ether oxygens (including phenoxy) is 1. The van der Waals surface area contributed by atoms with E-state index < -0.39 is 4.92 Å². The molecule has 0 aliphatic carbocycles. The summed E-state index contributed by atoms with van der Waals surface area (Å²) in [5.41, 5.74) is 1.76. The van der Waals surface area contributed by atoms with Crippen molar-refractivity contribution in [1.82, 2.24) is 20.0 Å². The maximum atomic E-state index is 10.7. The Kier molecular flexibility index (Phi) is 5.84. The lowest BCUT2D eigenvalue weighted by Gasteiger charge is -2.08. The van der Waals surface area contributed by atoms with Gasteiger partial charge in [0.25, 0.3) is 0 Å². The fourth-order valence-corrected chi connectivity index (χ4v) is 3.12. The van der Waals surface area contributed by atoms with Crippen molar-refractivity contribution in [2.24, 2.45) is 0 Å². The zero-order valence-corrected chi connectivity index (χ0v) is 17.2. The van der Waals surface area contributed by atoms with Crippen molar-refractivity contribution in [3.8, 4) is 17.2 Å². The summed E-state index contributed by atoms with van der Waals surface area (Å²) in [5.74, 6) is 1.63. The molecule has 2 aromatic carbocycles. The first-order valence-electron chi connectivity index (χ1n) is 9.04. The molecule has 0 bridgehead atoms. The molecule has 10 heteroatoms. The van der Waals surface area contributed by atoms with Crippen molar-refractivity contribution in [3.63, 3.8) is 0 Å². The average Bonchev–Trinajstić information content (AvgIpc) is 3.42. The number of hydrogen-bond donors (Lipinski definition) is 0. The van der Waals surface area contributed by atoms with Crippen LogP contribution in [0.5, 0.6) is 5.75 Å². The van der Waals surface area contributed by atoms with E-state index in [4.69, 9.17) is 9.15 Å². The van der Waals surface area contributed by atoms with E-state index in [-0.39, 0.29) is 5.69 Å². The summed E-state index contributed by atoms with van der Waals surface area (Å²) in [6.07, 6.45) is 3.00. The minimum absolute atomic E-state index is 0.0510. The van der Waals surface area contributed by atoms with E-state index in [0.717, 1.165) is 21.3 Å². The van der Waals surface area contributed by atoms with Gasteiger partial charge >= 0.3 is 5.69 Å². The molecule has 4 aromatic rings. The lowest BCUT2D eigenvalue weighted by Crippen LogP contribution is -2.01. The number of hydrogen-bond acceptors (Lipinski definition) is 7. The second-order valence-corrected chi connectivity index (χ2v) is 7.24. The van der Waals surface area contributed by atoms with Crippen LogP contribution < -0.4 is 4.74 Å². The smallest absolute Gasteiger partial charge is 0.306 e. The molecule has 0 spiro atoms. The predicted molar refractivity (Wildman–Crippen MR) is 111 cm³/mol. The van der Waals surface area contributed by atoms with Gasteiger partial charge in [0.05, 0.1) is 9.40 Å². The van der Waals surface area contributed by atoms with Gasteiger partial charge in [-0.15, -0.1) is 10.2 Å². The maximum Gasteiger partial charge on any atom is 0.306 e. The first kappa shape index (κ1) is 19.8. The molecule has 0 amide bonds. The third kappa shape index (κ3) is 4.71. The highest BCUT2D eigenvalue weighted by atomic mass is 79.9. The van der Waals surface area contributed by atoms with Gasteiger partial charge in [-0.3, -0.25) is 14.8 Å². The quantitative estimate of drug-likeness (QED) is 0.277. The van der Waals surface area contributed by atoms with E-state index in [2.05, 4.69) is 31.2 Å². The molecular weight excluding hydrogens is 454 g/mol. The monoisotopic (exact) mass is 469 g/mol. The highest BCUT2D eigenvalue weighted by molar-refractivity contribution is 9.10. The largest absolute Gasteiger partial charge is 0.488 e. The Morgan fingerprint density at radius 3 is 2.67 bits per heavy atom. The molecule has 2 aromatic heterocycles. The van der Waals surface area contributed by atoms with Gasteiger partial charge in [0, 0.05) is 18.5 Å². The number of aryl methyl sites for hydroxylation is 2. The van der Waals surface area contributed by atoms with Crippen LogP contribution in [-0.2, 0) is 19.6 Å². The highest BCUT2D eigenvalue weighted by Gasteiger charge is 2.12. The van der Waals surface area contributed by atoms with E-state index in [0.29, 0.717) is 31.4 Å². The number of benzene rings is 2. The Bertz CT molecular complexity index is 1160. The molecule has 0 radical (unpaired) electrons. The second kappa shape index (κ2) is 8.87. The molecule has 0 unspecified atom stereocenters. The van der Waals surface area contributed by atoms with E-state index in [1.165, 1.54) is 17.1 Å². The number of para-hydroxylation sites is 1. The molecule has 0 N–H and O–H groups in total.